The van der Waals surface area contributed by atoms with Gasteiger partial charge in [-0.15, -0.1) is 0 Å². The molecule has 0 spiro atoms. The van der Waals surface area contributed by atoms with E-state index in [-0.39, 0.29) is 18.4 Å². The van der Waals surface area contributed by atoms with Gasteiger partial charge in [0.15, 0.2) is 0 Å². The number of allylic oxidation sites excluding steroid dienone is 1. The Morgan fingerprint density at radius 1 is 1.14 bits per heavy atom. The number of carbonyl (C=O) groups is 2. The first kappa shape index (κ1) is 19.8. The minimum Gasteiger partial charge on any atom is -0.460 e. The van der Waals surface area contributed by atoms with E-state index in [1.807, 2.05) is 30.3 Å². The molecule has 0 N–H and O–H groups in total. The van der Waals surface area contributed by atoms with E-state index >= 15 is 0 Å². The lowest BCUT2D eigenvalue weighted by Crippen LogP contribution is -2.38. The van der Waals surface area contributed by atoms with Crippen LogP contribution in [-0.2, 0) is 20.9 Å². The molecular formula is C23H24FNO3. The van der Waals surface area contributed by atoms with Crippen LogP contribution >= 0.6 is 0 Å². The molecule has 1 aliphatic heterocycles. The zero-order chi connectivity index (χ0) is 20.3. The van der Waals surface area contributed by atoms with Crippen LogP contribution in [0.2, 0.25) is 0 Å². The Labute approximate surface area is 164 Å². The zero-order valence-corrected chi connectivity index (χ0v) is 16.3. The Morgan fingerprint density at radius 2 is 1.79 bits per heavy atom. The second-order valence-electron chi connectivity index (χ2n) is 7.20. The van der Waals surface area contributed by atoms with Gasteiger partial charge in [0.1, 0.15) is 5.82 Å². The molecule has 1 atom stereocenters. The van der Waals surface area contributed by atoms with Gasteiger partial charge in [0, 0.05) is 18.0 Å². The molecule has 0 saturated heterocycles. The van der Waals surface area contributed by atoms with Gasteiger partial charge in [0.2, 0.25) is 5.91 Å². The normalized spacial score (nSPS) is 17.2. The first-order valence-corrected chi connectivity index (χ1v) is 9.39. The summed E-state index contributed by atoms with van der Waals surface area (Å²) < 4.78 is 19.9. The molecule has 2 aromatic rings. The molecule has 0 fully saturated rings. The third-order valence-electron chi connectivity index (χ3n) is 4.85. The van der Waals surface area contributed by atoms with Crippen LogP contribution in [0.15, 0.2) is 65.9 Å². The fraction of sp³-hybridized carbons (Fsp3) is 0.304. The smallest absolute Gasteiger partial charge is 0.336 e. The topological polar surface area (TPSA) is 46.6 Å². The zero-order valence-electron chi connectivity index (χ0n) is 16.3. The van der Waals surface area contributed by atoms with E-state index in [1.54, 1.807) is 43.9 Å². The summed E-state index contributed by atoms with van der Waals surface area (Å²) in [5.74, 6) is -1.74. The van der Waals surface area contributed by atoms with E-state index in [2.05, 4.69) is 0 Å². The number of hydrogen-bond acceptors (Lipinski definition) is 3. The summed E-state index contributed by atoms with van der Waals surface area (Å²) in [5, 5.41) is 0. The maximum absolute atomic E-state index is 14.5. The van der Waals surface area contributed by atoms with Gasteiger partial charge >= 0.3 is 5.97 Å². The predicted octanol–water partition coefficient (Wildman–Crippen LogP) is 4.57. The Balaban J connectivity index is 2.06. The number of rotatable bonds is 5. The molecule has 2 aromatic carbocycles. The van der Waals surface area contributed by atoms with E-state index in [4.69, 9.17) is 4.74 Å². The molecule has 1 aliphatic rings. The van der Waals surface area contributed by atoms with Crippen molar-refractivity contribution in [2.75, 3.05) is 0 Å². The van der Waals surface area contributed by atoms with Gasteiger partial charge in [0.05, 0.1) is 18.2 Å². The van der Waals surface area contributed by atoms with Gasteiger partial charge in [0.25, 0.3) is 0 Å². The lowest BCUT2D eigenvalue weighted by molar-refractivity contribution is -0.143. The monoisotopic (exact) mass is 381 g/mol. The highest BCUT2D eigenvalue weighted by Crippen LogP contribution is 2.38. The molecule has 0 bridgehead atoms. The van der Waals surface area contributed by atoms with Crippen LogP contribution in [-0.4, -0.2) is 22.9 Å². The molecule has 1 unspecified atom stereocenters. The number of amides is 1. The molecule has 0 radical (unpaired) electrons. The summed E-state index contributed by atoms with van der Waals surface area (Å²) in [5.41, 5.74) is 2.15. The van der Waals surface area contributed by atoms with E-state index in [9.17, 15) is 14.0 Å². The summed E-state index contributed by atoms with van der Waals surface area (Å²) >= 11 is 0. The van der Waals surface area contributed by atoms with Gasteiger partial charge < -0.3 is 9.64 Å². The van der Waals surface area contributed by atoms with Gasteiger partial charge in [-0.2, -0.15) is 0 Å². The van der Waals surface area contributed by atoms with E-state index in [1.165, 1.54) is 6.07 Å². The quantitative estimate of drug-likeness (QED) is 0.713. The second kappa shape index (κ2) is 8.38. The van der Waals surface area contributed by atoms with Crippen LogP contribution < -0.4 is 0 Å². The average molecular weight is 381 g/mol. The third kappa shape index (κ3) is 4.14. The summed E-state index contributed by atoms with van der Waals surface area (Å²) in [4.78, 5) is 27.4. The van der Waals surface area contributed by atoms with Crippen molar-refractivity contribution in [3.05, 3.63) is 82.8 Å². The lowest BCUT2D eigenvalue weighted by Gasteiger charge is -2.35. The standard InChI is InChI=1S/C23H24FNO3/c1-15(2)28-23(27)22-16(3)25(14-17-9-5-4-6-10-17)21(26)13-19(22)18-11-7-8-12-20(18)24/h4-12,15,19H,13-14H2,1-3H3. The molecule has 5 heteroatoms. The molecular weight excluding hydrogens is 357 g/mol. The Bertz CT molecular complexity index is 905. The summed E-state index contributed by atoms with van der Waals surface area (Å²) in [6, 6.07) is 15.8. The predicted molar refractivity (Wildman–Crippen MR) is 105 cm³/mol. The molecule has 28 heavy (non-hydrogen) atoms. The van der Waals surface area contributed by atoms with E-state index < -0.39 is 17.7 Å². The number of nitrogens with zero attached hydrogens (tertiary/aromatic N) is 1. The average Bonchev–Trinajstić information content (AvgIpc) is 2.65. The number of esters is 1. The van der Waals surface area contributed by atoms with Crippen molar-refractivity contribution in [3.8, 4) is 0 Å². The second-order valence-corrected chi connectivity index (χ2v) is 7.20. The van der Waals surface area contributed by atoms with Crippen molar-refractivity contribution < 1.29 is 18.7 Å². The van der Waals surface area contributed by atoms with Gasteiger partial charge in [-0.25, -0.2) is 9.18 Å². The highest BCUT2D eigenvalue weighted by atomic mass is 19.1. The summed E-state index contributed by atoms with van der Waals surface area (Å²) in [6.45, 7) is 5.61. The molecule has 3 rings (SSSR count). The van der Waals surface area contributed by atoms with Crippen molar-refractivity contribution in [3.63, 3.8) is 0 Å². The molecule has 146 valence electrons. The third-order valence-corrected chi connectivity index (χ3v) is 4.85. The number of halogens is 1. The number of benzene rings is 2. The lowest BCUT2D eigenvalue weighted by atomic mass is 9.83. The van der Waals surface area contributed by atoms with Crippen LogP contribution in [0.3, 0.4) is 0 Å². The first-order valence-electron chi connectivity index (χ1n) is 9.39. The fourth-order valence-electron chi connectivity index (χ4n) is 3.53. The number of carbonyl (C=O) groups excluding carboxylic acids is 2. The molecule has 4 nitrogen and oxygen atoms in total. The van der Waals surface area contributed by atoms with Gasteiger partial charge in [-0.3, -0.25) is 4.79 Å². The molecule has 0 saturated carbocycles. The molecule has 1 heterocycles. The van der Waals surface area contributed by atoms with Crippen LogP contribution in [0.4, 0.5) is 4.39 Å². The maximum atomic E-state index is 14.5. The fourth-order valence-corrected chi connectivity index (χ4v) is 3.53. The van der Waals surface area contributed by atoms with Crippen molar-refractivity contribution in [1.29, 1.82) is 0 Å². The Hall–Kier alpha value is -2.95. The van der Waals surface area contributed by atoms with Crippen LogP contribution in [0, 0.1) is 5.82 Å². The largest absolute Gasteiger partial charge is 0.460 e. The minimum absolute atomic E-state index is 0.0215. The van der Waals surface area contributed by atoms with Crippen LogP contribution in [0.25, 0.3) is 0 Å². The highest BCUT2D eigenvalue weighted by molar-refractivity contribution is 5.96. The molecule has 0 aliphatic carbocycles. The van der Waals surface area contributed by atoms with Crippen LogP contribution in [0.5, 0.6) is 0 Å². The number of ether oxygens (including phenoxy) is 1. The minimum atomic E-state index is -0.660. The first-order chi connectivity index (χ1) is 13.4. The summed E-state index contributed by atoms with van der Waals surface area (Å²) in [6.07, 6.45) is -0.289. The van der Waals surface area contributed by atoms with Crippen molar-refractivity contribution in [2.24, 2.45) is 0 Å². The SMILES string of the molecule is CC1=C(C(=O)OC(C)C)C(c2ccccc2F)CC(=O)N1Cc1ccccc1. The van der Waals surface area contributed by atoms with E-state index in [0.29, 0.717) is 23.4 Å². The maximum Gasteiger partial charge on any atom is 0.336 e. The van der Waals surface area contributed by atoms with Crippen molar-refractivity contribution >= 4 is 11.9 Å². The Kier molecular flexibility index (Phi) is 5.93. The Morgan fingerprint density at radius 3 is 2.43 bits per heavy atom. The van der Waals surface area contributed by atoms with E-state index in [0.717, 1.165) is 5.56 Å². The van der Waals surface area contributed by atoms with Crippen molar-refractivity contribution in [2.45, 2.75) is 45.8 Å². The summed E-state index contributed by atoms with van der Waals surface area (Å²) in [7, 11) is 0. The van der Waals surface area contributed by atoms with Gasteiger partial charge in [-0.1, -0.05) is 48.5 Å². The highest BCUT2D eigenvalue weighted by Gasteiger charge is 2.38. The van der Waals surface area contributed by atoms with Gasteiger partial charge in [-0.05, 0) is 38.0 Å². The number of hydrogen-bond donors (Lipinski definition) is 0. The van der Waals surface area contributed by atoms with Crippen molar-refractivity contribution in [1.82, 2.24) is 4.90 Å². The molecule has 1 amide bonds. The van der Waals surface area contributed by atoms with Crippen LogP contribution in [0.1, 0.15) is 44.2 Å². The molecule has 0 aromatic heterocycles.